The van der Waals surface area contributed by atoms with Crippen LogP contribution in [-0.2, 0) is 9.59 Å². The van der Waals surface area contributed by atoms with Gasteiger partial charge in [-0.25, -0.2) is 0 Å². The molecule has 0 saturated heterocycles. The zero-order valence-electron chi connectivity index (χ0n) is 15.8. The minimum absolute atomic E-state index is 0.0262. The average molecular weight is 346 g/mol. The molecule has 0 spiro atoms. The van der Waals surface area contributed by atoms with Crippen LogP contribution < -0.4 is 0 Å². The van der Waals surface area contributed by atoms with E-state index in [0.717, 1.165) is 27.8 Å². The summed E-state index contributed by atoms with van der Waals surface area (Å²) in [5.74, 6) is -0.145. The molecule has 134 valence electrons. The molecule has 0 bridgehead atoms. The lowest BCUT2D eigenvalue weighted by molar-refractivity contribution is -0.115. The molecule has 2 heteroatoms. The van der Waals surface area contributed by atoms with Gasteiger partial charge in [-0.15, -0.1) is 0 Å². The first kappa shape index (κ1) is 19.6. The highest BCUT2D eigenvalue weighted by molar-refractivity contribution is 6.00. The SMILES string of the molecule is C=CC(=O)CC(C(=CC(=O)CC)c1ccccc1C)c1ccccc1C. The minimum atomic E-state index is -0.182. The van der Waals surface area contributed by atoms with E-state index in [4.69, 9.17) is 0 Å². The molecular formula is C24H26O2. The van der Waals surface area contributed by atoms with Gasteiger partial charge < -0.3 is 0 Å². The fourth-order valence-corrected chi connectivity index (χ4v) is 3.19. The summed E-state index contributed by atoms with van der Waals surface area (Å²) in [6, 6.07) is 16.0. The van der Waals surface area contributed by atoms with Crippen LogP contribution in [0.3, 0.4) is 0 Å². The highest BCUT2D eigenvalue weighted by Crippen LogP contribution is 2.38. The average Bonchev–Trinajstić information content (AvgIpc) is 2.65. The lowest BCUT2D eigenvalue weighted by Gasteiger charge is -2.23. The molecule has 0 aliphatic rings. The molecule has 1 atom stereocenters. The third-order valence-corrected chi connectivity index (χ3v) is 4.69. The monoisotopic (exact) mass is 346 g/mol. The molecule has 0 radical (unpaired) electrons. The maximum Gasteiger partial charge on any atom is 0.156 e. The molecule has 0 aliphatic carbocycles. The van der Waals surface area contributed by atoms with Gasteiger partial charge in [0.15, 0.2) is 11.6 Å². The topological polar surface area (TPSA) is 34.1 Å². The number of carbonyl (C=O) groups excluding carboxylic acids is 2. The summed E-state index contributed by atoms with van der Waals surface area (Å²) in [6.45, 7) is 9.54. The molecule has 2 rings (SSSR count). The highest BCUT2D eigenvalue weighted by Gasteiger charge is 2.23. The second-order valence-electron chi connectivity index (χ2n) is 6.52. The van der Waals surface area contributed by atoms with Crippen LogP contribution in [0.2, 0.25) is 0 Å². The molecule has 1 unspecified atom stereocenters. The maximum atomic E-state index is 12.3. The van der Waals surface area contributed by atoms with Crippen LogP contribution in [0.1, 0.15) is 47.9 Å². The molecule has 0 N–H and O–H groups in total. The van der Waals surface area contributed by atoms with Gasteiger partial charge in [-0.3, -0.25) is 9.59 Å². The van der Waals surface area contributed by atoms with Crippen molar-refractivity contribution < 1.29 is 9.59 Å². The van der Waals surface area contributed by atoms with Gasteiger partial charge in [-0.05, 0) is 53.8 Å². The summed E-state index contributed by atoms with van der Waals surface area (Å²) < 4.78 is 0. The van der Waals surface area contributed by atoms with E-state index in [0.29, 0.717) is 12.8 Å². The van der Waals surface area contributed by atoms with E-state index in [9.17, 15) is 9.59 Å². The Bertz CT molecular complexity index is 843. The van der Waals surface area contributed by atoms with Gasteiger partial charge in [0.1, 0.15) is 0 Å². The summed E-state index contributed by atoms with van der Waals surface area (Å²) in [7, 11) is 0. The number of carbonyl (C=O) groups is 2. The van der Waals surface area contributed by atoms with Crippen LogP contribution in [-0.4, -0.2) is 11.6 Å². The number of hydrogen-bond acceptors (Lipinski definition) is 2. The third kappa shape index (κ3) is 4.66. The van der Waals surface area contributed by atoms with E-state index >= 15 is 0 Å². The first-order chi connectivity index (χ1) is 12.5. The fraction of sp³-hybridized carbons (Fsp3) is 0.250. The molecule has 0 heterocycles. The van der Waals surface area contributed by atoms with Crippen LogP contribution in [0.5, 0.6) is 0 Å². The van der Waals surface area contributed by atoms with Crippen molar-refractivity contribution in [2.45, 2.75) is 39.5 Å². The molecule has 0 amide bonds. The summed E-state index contributed by atoms with van der Waals surface area (Å²) in [5, 5.41) is 0. The van der Waals surface area contributed by atoms with Crippen molar-refractivity contribution in [1.82, 2.24) is 0 Å². The van der Waals surface area contributed by atoms with E-state index in [1.165, 1.54) is 6.08 Å². The van der Waals surface area contributed by atoms with Crippen LogP contribution in [0, 0.1) is 13.8 Å². The van der Waals surface area contributed by atoms with Gasteiger partial charge in [0.2, 0.25) is 0 Å². The second kappa shape index (κ2) is 9.10. The van der Waals surface area contributed by atoms with E-state index in [2.05, 4.69) is 6.58 Å². The molecule has 2 nitrogen and oxygen atoms in total. The van der Waals surface area contributed by atoms with E-state index in [1.807, 2.05) is 69.3 Å². The van der Waals surface area contributed by atoms with Crippen molar-refractivity contribution in [3.05, 3.63) is 89.5 Å². The first-order valence-electron chi connectivity index (χ1n) is 8.99. The molecule has 0 fully saturated rings. The standard InChI is InChI=1S/C24H26O2/c1-5-19(25)15-23(21-13-9-7-11-17(21)3)24(16-20(26)6-2)22-14-10-8-12-18(22)4/h5,7-14,16,23H,1,6,15H2,2-4H3. The predicted molar refractivity (Wildman–Crippen MR) is 108 cm³/mol. The van der Waals surface area contributed by atoms with Crippen molar-refractivity contribution in [2.24, 2.45) is 0 Å². The number of aryl methyl sites for hydroxylation is 2. The molecule has 0 aromatic heterocycles. The Kier molecular flexibility index (Phi) is 6.85. The molecule has 0 saturated carbocycles. The van der Waals surface area contributed by atoms with Gasteiger partial charge >= 0.3 is 0 Å². The van der Waals surface area contributed by atoms with Crippen LogP contribution in [0.25, 0.3) is 5.57 Å². The van der Waals surface area contributed by atoms with Crippen molar-refractivity contribution >= 4 is 17.1 Å². The first-order valence-corrected chi connectivity index (χ1v) is 8.99. The molecule has 26 heavy (non-hydrogen) atoms. The van der Waals surface area contributed by atoms with E-state index in [-0.39, 0.29) is 17.5 Å². The number of rotatable bonds is 8. The van der Waals surface area contributed by atoms with Gasteiger partial charge in [0.05, 0.1) is 0 Å². The smallest absolute Gasteiger partial charge is 0.156 e. The van der Waals surface area contributed by atoms with Crippen LogP contribution >= 0.6 is 0 Å². The number of allylic oxidation sites excluding steroid dienone is 3. The van der Waals surface area contributed by atoms with Gasteiger partial charge in [-0.2, -0.15) is 0 Å². The van der Waals surface area contributed by atoms with Crippen molar-refractivity contribution in [1.29, 1.82) is 0 Å². The molecular weight excluding hydrogens is 320 g/mol. The highest BCUT2D eigenvalue weighted by atomic mass is 16.1. The normalized spacial score (nSPS) is 12.5. The lowest BCUT2D eigenvalue weighted by atomic mass is 9.79. The van der Waals surface area contributed by atoms with Crippen LogP contribution in [0.15, 0.2) is 67.3 Å². The Hall–Kier alpha value is -2.74. The number of ketones is 2. The third-order valence-electron chi connectivity index (χ3n) is 4.69. The molecule has 2 aromatic rings. The Morgan fingerprint density at radius 3 is 2.15 bits per heavy atom. The Morgan fingerprint density at radius 1 is 0.962 bits per heavy atom. The molecule has 0 aliphatic heterocycles. The summed E-state index contributed by atoms with van der Waals surface area (Å²) in [6.07, 6.45) is 3.81. The van der Waals surface area contributed by atoms with Gasteiger partial charge in [0.25, 0.3) is 0 Å². The van der Waals surface area contributed by atoms with Gasteiger partial charge in [0, 0.05) is 18.8 Å². The maximum absolute atomic E-state index is 12.3. The number of benzene rings is 2. The zero-order chi connectivity index (χ0) is 19.1. The Morgan fingerprint density at radius 2 is 1.58 bits per heavy atom. The van der Waals surface area contributed by atoms with E-state index < -0.39 is 0 Å². The van der Waals surface area contributed by atoms with Crippen LogP contribution in [0.4, 0.5) is 0 Å². The quantitative estimate of drug-likeness (QED) is 0.583. The van der Waals surface area contributed by atoms with Crippen molar-refractivity contribution in [2.75, 3.05) is 0 Å². The number of hydrogen-bond donors (Lipinski definition) is 0. The van der Waals surface area contributed by atoms with E-state index in [1.54, 1.807) is 6.08 Å². The fourth-order valence-electron chi connectivity index (χ4n) is 3.19. The van der Waals surface area contributed by atoms with Crippen molar-refractivity contribution in [3.63, 3.8) is 0 Å². The van der Waals surface area contributed by atoms with Gasteiger partial charge in [-0.1, -0.05) is 62.0 Å². The predicted octanol–water partition coefficient (Wildman–Crippen LogP) is 5.59. The lowest BCUT2D eigenvalue weighted by Crippen LogP contribution is -2.11. The second-order valence-corrected chi connectivity index (χ2v) is 6.52. The summed E-state index contributed by atoms with van der Waals surface area (Å²) >= 11 is 0. The Balaban J connectivity index is 2.69. The minimum Gasteiger partial charge on any atom is -0.295 e. The molecule has 2 aromatic carbocycles. The largest absolute Gasteiger partial charge is 0.295 e. The van der Waals surface area contributed by atoms with Crippen molar-refractivity contribution in [3.8, 4) is 0 Å². The summed E-state index contributed by atoms with van der Waals surface area (Å²) in [5.41, 5.74) is 5.19. The Labute approximate surface area is 156 Å². The summed E-state index contributed by atoms with van der Waals surface area (Å²) in [4.78, 5) is 24.6. The zero-order valence-corrected chi connectivity index (χ0v) is 15.8.